The Kier molecular flexibility index (Phi) is 6.77. The van der Waals surface area contributed by atoms with E-state index < -0.39 is 0 Å². The monoisotopic (exact) mass is 379 g/mol. The van der Waals surface area contributed by atoms with Crippen LogP contribution in [0.2, 0.25) is 0 Å². The highest BCUT2D eigenvalue weighted by molar-refractivity contribution is 5.89. The van der Waals surface area contributed by atoms with E-state index in [4.69, 9.17) is 4.74 Å². The second-order valence-corrected chi connectivity index (χ2v) is 8.88. The number of hydrogen-bond acceptors (Lipinski definition) is 2. The second kappa shape index (κ2) is 9.27. The topological polar surface area (TPSA) is 38.3 Å². The van der Waals surface area contributed by atoms with Crippen LogP contribution < -0.4 is 10.1 Å². The Balaban J connectivity index is 1.42. The molecule has 150 valence electrons. The maximum atomic E-state index is 11.1. The third kappa shape index (κ3) is 6.12. The lowest BCUT2D eigenvalue weighted by atomic mass is 9.72. The summed E-state index contributed by atoms with van der Waals surface area (Å²) >= 11 is 0. The van der Waals surface area contributed by atoms with E-state index in [1.54, 1.807) is 0 Å². The molecule has 3 heteroatoms. The molecule has 1 aliphatic rings. The molecule has 3 nitrogen and oxygen atoms in total. The first-order chi connectivity index (χ1) is 13.4. The number of rotatable bonds is 7. The molecule has 28 heavy (non-hydrogen) atoms. The molecule has 0 unspecified atom stereocenters. The fraction of sp³-hybridized carbons (Fsp3) is 0.480. The summed E-state index contributed by atoms with van der Waals surface area (Å²) in [5.41, 5.74) is 3.64. The zero-order valence-electron chi connectivity index (χ0n) is 17.5. The molecule has 1 saturated carbocycles. The Morgan fingerprint density at radius 1 is 1.00 bits per heavy atom. The molecule has 0 aromatic heterocycles. The normalized spacial score (nSPS) is 16.5. The number of hydrogen-bond donors (Lipinski definition) is 1. The summed E-state index contributed by atoms with van der Waals surface area (Å²) in [4.78, 5) is 11.1. The van der Waals surface area contributed by atoms with E-state index in [1.165, 1.54) is 39.0 Å². The minimum absolute atomic E-state index is 0.0541. The van der Waals surface area contributed by atoms with Crippen molar-refractivity contribution in [2.75, 3.05) is 11.9 Å². The SMILES string of the molecule is CC(=O)Nc1ccc(-c2ccc(OCCCC3CCC(C)(C)CC3)cc2)cc1. The summed E-state index contributed by atoms with van der Waals surface area (Å²) in [5.74, 6) is 1.77. The number of anilines is 1. The number of carbonyl (C=O) groups is 1. The predicted octanol–water partition coefficient (Wildman–Crippen LogP) is 6.69. The van der Waals surface area contributed by atoms with E-state index in [2.05, 4.69) is 31.3 Å². The smallest absolute Gasteiger partial charge is 0.221 e. The van der Waals surface area contributed by atoms with Gasteiger partial charge in [0.05, 0.1) is 6.61 Å². The van der Waals surface area contributed by atoms with Crippen molar-refractivity contribution in [2.24, 2.45) is 11.3 Å². The molecule has 0 bridgehead atoms. The lowest BCUT2D eigenvalue weighted by Crippen LogP contribution is -2.21. The molecule has 0 aliphatic heterocycles. The van der Waals surface area contributed by atoms with Crippen LogP contribution in [-0.2, 0) is 4.79 Å². The molecule has 1 fully saturated rings. The van der Waals surface area contributed by atoms with Crippen molar-refractivity contribution < 1.29 is 9.53 Å². The van der Waals surface area contributed by atoms with Gasteiger partial charge >= 0.3 is 0 Å². The Morgan fingerprint density at radius 2 is 1.57 bits per heavy atom. The van der Waals surface area contributed by atoms with Crippen molar-refractivity contribution in [1.29, 1.82) is 0 Å². The lowest BCUT2D eigenvalue weighted by Gasteiger charge is -2.34. The van der Waals surface area contributed by atoms with E-state index in [1.807, 2.05) is 36.4 Å². The molecular weight excluding hydrogens is 346 g/mol. The summed E-state index contributed by atoms with van der Waals surface area (Å²) in [6, 6.07) is 16.2. The van der Waals surface area contributed by atoms with Crippen LogP contribution in [-0.4, -0.2) is 12.5 Å². The van der Waals surface area contributed by atoms with Crippen molar-refractivity contribution in [3.05, 3.63) is 48.5 Å². The minimum atomic E-state index is -0.0541. The summed E-state index contributed by atoms with van der Waals surface area (Å²) in [6.07, 6.45) is 7.91. The first-order valence-electron chi connectivity index (χ1n) is 10.5. The van der Waals surface area contributed by atoms with Crippen LogP contribution in [0.1, 0.15) is 59.3 Å². The molecule has 2 aromatic rings. The van der Waals surface area contributed by atoms with Gasteiger partial charge in [0.15, 0.2) is 0 Å². The second-order valence-electron chi connectivity index (χ2n) is 8.88. The third-order valence-corrected chi connectivity index (χ3v) is 5.88. The zero-order valence-corrected chi connectivity index (χ0v) is 17.5. The van der Waals surface area contributed by atoms with Gasteiger partial charge in [0.25, 0.3) is 0 Å². The standard InChI is InChI=1S/C25H33NO2/c1-19(27)26-23-10-6-21(7-11-23)22-8-12-24(13-9-22)28-18-4-5-20-14-16-25(2,3)17-15-20/h6-13,20H,4-5,14-18H2,1-3H3,(H,26,27). The number of benzene rings is 2. The molecule has 1 aliphatic carbocycles. The predicted molar refractivity (Wildman–Crippen MR) is 117 cm³/mol. The first-order valence-corrected chi connectivity index (χ1v) is 10.5. The Bertz CT molecular complexity index is 752. The van der Waals surface area contributed by atoms with Crippen LogP contribution in [0, 0.1) is 11.3 Å². The Hall–Kier alpha value is -2.29. The van der Waals surface area contributed by atoms with E-state index in [9.17, 15) is 4.79 Å². The largest absolute Gasteiger partial charge is 0.494 e. The number of ether oxygens (including phenoxy) is 1. The van der Waals surface area contributed by atoms with Crippen LogP contribution in [0.25, 0.3) is 11.1 Å². The number of carbonyl (C=O) groups excluding carboxylic acids is 1. The van der Waals surface area contributed by atoms with Crippen LogP contribution >= 0.6 is 0 Å². The molecule has 1 amide bonds. The molecule has 0 atom stereocenters. The summed E-state index contributed by atoms with van der Waals surface area (Å²) < 4.78 is 5.94. The average Bonchev–Trinajstić information content (AvgIpc) is 2.67. The van der Waals surface area contributed by atoms with Gasteiger partial charge < -0.3 is 10.1 Å². The van der Waals surface area contributed by atoms with Gasteiger partial charge in [-0.15, -0.1) is 0 Å². The summed E-state index contributed by atoms with van der Waals surface area (Å²) in [7, 11) is 0. The average molecular weight is 380 g/mol. The molecule has 0 saturated heterocycles. The molecule has 1 N–H and O–H groups in total. The molecule has 0 spiro atoms. The summed E-state index contributed by atoms with van der Waals surface area (Å²) in [6.45, 7) is 7.11. The third-order valence-electron chi connectivity index (χ3n) is 5.88. The van der Waals surface area contributed by atoms with Crippen LogP contribution in [0.4, 0.5) is 5.69 Å². The van der Waals surface area contributed by atoms with Gasteiger partial charge in [-0.05, 0) is 85.3 Å². The Labute approximate surface area is 169 Å². The maximum absolute atomic E-state index is 11.1. The summed E-state index contributed by atoms with van der Waals surface area (Å²) in [5, 5.41) is 2.79. The van der Waals surface area contributed by atoms with Crippen LogP contribution in [0.3, 0.4) is 0 Å². The van der Waals surface area contributed by atoms with Crippen molar-refractivity contribution in [1.82, 2.24) is 0 Å². The van der Waals surface area contributed by atoms with Gasteiger partial charge in [-0.25, -0.2) is 0 Å². The molecule has 0 radical (unpaired) electrons. The van der Waals surface area contributed by atoms with Gasteiger partial charge in [-0.3, -0.25) is 4.79 Å². The van der Waals surface area contributed by atoms with E-state index >= 15 is 0 Å². The quantitative estimate of drug-likeness (QED) is 0.544. The van der Waals surface area contributed by atoms with Crippen molar-refractivity contribution in [3.63, 3.8) is 0 Å². The molecule has 0 heterocycles. The van der Waals surface area contributed by atoms with Gasteiger partial charge in [0.1, 0.15) is 5.75 Å². The number of amides is 1. The van der Waals surface area contributed by atoms with Crippen molar-refractivity contribution in [2.45, 2.75) is 59.3 Å². The zero-order chi connectivity index (χ0) is 20.0. The molecular formula is C25H33NO2. The highest BCUT2D eigenvalue weighted by atomic mass is 16.5. The Morgan fingerprint density at radius 3 is 2.14 bits per heavy atom. The van der Waals surface area contributed by atoms with Gasteiger partial charge in [-0.1, -0.05) is 38.1 Å². The van der Waals surface area contributed by atoms with Crippen molar-refractivity contribution >= 4 is 11.6 Å². The van der Waals surface area contributed by atoms with Crippen molar-refractivity contribution in [3.8, 4) is 16.9 Å². The van der Waals surface area contributed by atoms with Gasteiger partial charge in [0.2, 0.25) is 5.91 Å². The van der Waals surface area contributed by atoms with Gasteiger partial charge in [-0.2, -0.15) is 0 Å². The highest BCUT2D eigenvalue weighted by Crippen LogP contribution is 2.39. The van der Waals surface area contributed by atoms with E-state index in [0.29, 0.717) is 5.41 Å². The van der Waals surface area contributed by atoms with E-state index in [0.717, 1.165) is 41.5 Å². The lowest BCUT2D eigenvalue weighted by molar-refractivity contribution is -0.114. The first kappa shape index (κ1) is 20.4. The van der Waals surface area contributed by atoms with E-state index in [-0.39, 0.29) is 5.91 Å². The maximum Gasteiger partial charge on any atom is 0.221 e. The van der Waals surface area contributed by atoms with Gasteiger partial charge in [0, 0.05) is 12.6 Å². The fourth-order valence-corrected chi connectivity index (χ4v) is 4.00. The van der Waals surface area contributed by atoms with Crippen LogP contribution in [0.15, 0.2) is 48.5 Å². The molecule has 3 rings (SSSR count). The number of nitrogens with one attached hydrogen (secondary N) is 1. The van der Waals surface area contributed by atoms with Crippen LogP contribution in [0.5, 0.6) is 5.75 Å². The molecule has 2 aromatic carbocycles. The highest BCUT2D eigenvalue weighted by Gasteiger charge is 2.26. The minimum Gasteiger partial charge on any atom is -0.494 e. The fourth-order valence-electron chi connectivity index (χ4n) is 4.00.